The Labute approximate surface area is 158 Å². The lowest BCUT2D eigenvalue weighted by molar-refractivity contribution is 1.40. The van der Waals surface area contributed by atoms with Gasteiger partial charge in [0.05, 0.1) is 5.52 Å². The van der Waals surface area contributed by atoms with E-state index < -0.39 is 0 Å². The number of fused-ring (bicyclic) bond motifs is 2. The summed E-state index contributed by atoms with van der Waals surface area (Å²) < 4.78 is 0. The molecule has 0 fully saturated rings. The highest BCUT2D eigenvalue weighted by Gasteiger charge is 2.09. The van der Waals surface area contributed by atoms with Gasteiger partial charge in [-0.1, -0.05) is 78.9 Å². The summed E-state index contributed by atoms with van der Waals surface area (Å²) >= 11 is 0. The third kappa shape index (κ3) is 2.78. The Hall–Kier alpha value is -3.45. The minimum atomic E-state index is 1.05. The summed E-state index contributed by atoms with van der Waals surface area (Å²) in [5.41, 5.74) is 7.21. The number of hydrogen-bond donors (Lipinski definition) is 0. The predicted molar refractivity (Wildman–Crippen MR) is 115 cm³/mol. The van der Waals surface area contributed by atoms with Gasteiger partial charge in [0.25, 0.3) is 0 Å². The van der Waals surface area contributed by atoms with E-state index in [4.69, 9.17) is 0 Å². The molecule has 0 atom stereocenters. The maximum Gasteiger partial charge on any atom is 0.0780 e. The monoisotopic (exact) mass is 345 g/mol. The second-order valence-corrected chi connectivity index (χ2v) is 7.00. The first-order chi connectivity index (χ1) is 13.3. The van der Waals surface area contributed by atoms with E-state index in [0.717, 1.165) is 5.52 Å². The minimum Gasteiger partial charge on any atom is -0.256 e. The molecule has 1 nitrogen and oxygen atoms in total. The van der Waals surface area contributed by atoms with Gasteiger partial charge in [-0.05, 0) is 52.1 Å². The van der Waals surface area contributed by atoms with Crippen molar-refractivity contribution in [3.8, 4) is 22.3 Å². The molecule has 0 aliphatic heterocycles. The fraction of sp³-hybridized carbons (Fsp3) is 0.0385. The average molecular weight is 345 g/mol. The second-order valence-electron chi connectivity index (χ2n) is 7.00. The van der Waals surface area contributed by atoms with Gasteiger partial charge in [0.2, 0.25) is 0 Å². The van der Waals surface area contributed by atoms with Crippen molar-refractivity contribution in [2.45, 2.75) is 6.92 Å². The van der Waals surface area contributed by atoms with E-state index in [1.54, 1.807) is 0 Å². The van der Waals surface area contributed by atoms with Crippen LogP contribution >= 0.6 is 0 Å². The molecule has 1 heterocycles. The molecule has 0 radical (unpaired) electrons. The van der Waals surface area contributed by atoms with Crippen LogP contribution in [-0.2, 0) is 0 Å². The van der Waals surface area contributed by atoms with Gasteiger partial charge in [0.1, 0.15) is 0 Å². The SMILES string of the molecule is Cc1cc(-c2cccc3ccccc23)cc(-c2cccc3cccnc23)c1. The molecule has 5 aromatic rings. The Morgan fingerprint density at radius 1 is 0.593 bits per heavy atom. The van der Waals surface area contributed by atoms with Gasteiger partial charge in [0.15, 0.2) is 0 Å². The average Bonchev–Trinajstić information content (AvgIpc) is 2.72. The zero-order valence-corrected chi connectivity index (χ0v) is 15.2. The number of hydrogen-bond acceptors (Lipinski definition) is 1. The van der Waals surface area contributed by atoms with Crippen LogP contribution in [-0.4, -0.2) is 4.98 Å². The molecule has 0 N–H and O–H groups in total. The molecule has 4 aromatic carbocycles. The fourth-order valence-corrected chi connectivity index (χ4v) is 3.91. The number of aryl methyl sites for hydroxylation is 1. The maximum absolute atomic E-state index is 4.64. The lowest BCUT2D eigenvalue weighted by atomic mass is 9.93. The second kappa shape index (κ2) is 6.37. The van der Waals surface area contributed by atoms with Crippen LogP contribution in [0.25, 0.3) is 43.9 Å². The maximum atomic E-state index is 4.64. The summed E-state index contributed by atoms with van der Waals surface area (Å²) in [5.74, 6) is 0. The molecule has 0 aliphatic carbocycles. The summed E-state index contributed by atoms with van der Waals surface area (Å²) in [4.78, 5) is 4.64. The molecule has 27 heavy (non-hydrogen) atoms. The van der Waals surface area contributed by atoms with Gasteiger partial charge < -0.3 is 0 Å². The van der Waals surface area contributed by atoms with Gasteiger partial charge >= 0.3 is 0 Å². The predicted octanol–water partition coefficient (Wildman–Crippen LogP) is 7.03. The first-order valence-corrected chi connectivity index (χ1v) is 9.23. The number of para-hydroxylation sites is 1. The van der Waals surface area contributed by atoms with Crippen molar-refractivity contribution in [3.63, 3.8) is 0 Å². The smallest absolute Gasteiger partial charge is 0.0780 e. The van der Waals surface area contributed by atoms with Crippen molar-refractivity contribution < 1.29 is 0 Å². The molecule has 1 heteroatoms. The van der Waals surface area contributed by atoms with Crippen molar-refractivity contribution in [2.24, 2.45) is 0 Å². The van der Waals surface area contributed by atoms with E-state index in [1.165, 1.54) is 44.0 Å². The number of rotatable bonds is 2. The standard InChI is InChI=1S/C26H19N/c1-18-15-21(24-12-4-8-19-7-2-3-11-23(19)24)17-22(16-18)25-13-5-9-20-10-6-14-27-26(20)25/h2-17H,1H3. The summed E-state index contributed by atoms with van der Waals surface area (Å²) in [6, 6.07) is 32.4. The molecule has 0 saturated carbocycles. The summed E-state index contributed by atoms with van der Waals surface area (Å²) in [5, 5.41) is 3.72. The molecule has 0 bridgehead atoms. The first kappa shape index (κ1) is 15.8. The van der Waals surface area contributed by atoms with E-state index >= 15 is 0 Å². The van der Waals surface area contributed by atoms with E-state index in [9.17, 15) is 0 Å². The number of benzene rings is 4. The van der Waals surface area contributed by atoms with Gasteiger partial charge in [-0.2, -0.15) is 0 Å². The van der Waals surface area contributed by atoms with Crippen LogP contribution in [0.1, 0.15) is 5.56 Å². The van der Waals surface area contributed by atoms with Gasteiger partial charge in [-0.3, -0.25) is 4.98 Å². The summed E-state index contributed by atoms with van der Waals surface area (Å²) in [7, 11) is 0. The molecular formula is C26H19N. The summed E-state index contributed by atoms with van der Waals surface area (Å²) in [6.07, 6.45) is 1.87. The molecule has 128 valence electrons. The highest BCUT2D eigenvalue weighted by molar-refractivity contribution is 5.99. The van der Waals surface area contributed by atoms with E-state index in [2.05, 4.69) is 96.8 Å². The molecule has 0 aliphatic rings. The highest BCUT2D eigenvalue weighted by atomic mass is 14.6. The van der Waals surface area contributed by atoms with Gasteiger partial charge in [-0.25, -0.2) is 0 Å². The zero-order chi connectivity index (χ0) is 18.2. The molecule has 0 spiro atoms. The first-order valence-electron chi connectivity index (χ1n) is 9.23. The van der Waals surface area contributed by atoms with E-state index in [1.807, 2.05) is 12.3 Å². The fourth-order valence-electron chi connectivity index (χ4n) is 3.91. The van der Waals surface area contributed by atoms with Crippen LogP contribution in [0, 0.1) is 6.92 Å². The Kier molecular flexibility index (Phi) is 3.72. The van der Waals surface area contributed by atoms with Crippen LogP contribution in [0.15, 0.2) is 97.2 Å². The third-order valence-electron chi connectivity index (χ3n) is 5.12. The van der Waals surface area contributed by atoms with Crippen LogP contribution < -0.4 is 0 Å². The Morgan fingerprint density at radius 2 is 1.26 bits per heavy atom. The molecule has 5 rings (SSSR count). The Morgan fingerprint density at radius 3 is 2.15 bits per heavy atom. The molecule has 1 aromatic heterocycles. The third-order valence-corrected chi connectivity index (χ3v) is 5.12. The number of nitrogens with zero attached hydrogens (tertiary/aromatic N) is 1. The summed E-state index contributed by atoms with van der Waals surface area (Å²) in [6.45, 7) is 2.16. The van der Waals surface area contributed by atoms with Crippen LogP contribution in [0.5, 0.6) is 0 Å². The molecule has 0 unspecified atom stereocenters. The largest absolute Gasteiger partial charge is 0.256 e. The normalized spacial score (nSPS) is 11.1. The van der Waals surface area contributed by atoms with Gasteiger partial charge in [-0.15, -0.1) is 0 Å². The van der Waals surface area contributed by atoms with Crippen LogP contribution in [0.2, 0.25) is 0 Å². The van der Waals surface area contributed by atoms with Crippen molar-refractivity contribution in [1.82, 2.24) is 4.98 Å². The number of pyridine rings is 1. The van der Waals surface area contributed by atoms with Crippen molar-refractivity contribution in [2.75, 3.05) is 0 Å². The van der Waals surface area contributed by atoms with Crippen molar-refractivity contribution >= 4 is 21.7 Å². The zero-order valence-electron chi connectivity index (χ0n) is 15.2. The van der Waals surface area contributed by atoms with E-state index in [0.29, 0.717) is 0 Å². The molecule has 0 amide bonds. The molecule has 0 saturated heterocycles. The quantitative estimate of drug-likeness (QED) is 0.335. The number of aromatic nitrogens is 1. The molecular weight excluding hydrogens is 326 g/mol. The van der Waals surface area contributed by atoms with Crippen molar-refractivity contribution in [3.05, 3.63) is 103 Å². The Bertz CT molecular complexity index is 1180. The minimum absolute atomic E-state index is 1.05. The van der Waals surface area contributed by atoms with Crippen LogP contribution in [0.4, 0.5) is 0 Å². The highest BCUT2D eigenvalue weighted by Crippen LogP contribution is 2.34. The lowest BCUT2D eigenvalue weighted by Gasteiger charge is -2.12. The van der Waals surface area contributed by atoms with Crippen molar-refractivity contribution in [1.29, 1.82) is 0 Å². The topological polar surface area (TPSA) is 12.9 Å². The van der Waals surface area contributed by atoms with Gasteiger partial charge in [0, 0.05) is 17.1 Å². The Balaban J connectivity index is 1.76. The van der Waals surface area contributed by atoms with Crippen LogP contribution in [0.3, 0.4) is 0 Å². The van der Waals surface area contributed by atoms with E-state index in [-0.39, 0.29) is 0 Å². The lowest BCUT2D eigenvalue weighted by Crippen LogP contribution is -1.88.